The largest absolute Gasteiger partial charge is 0.353 e. The van der Waals surface area contributed by atoms with Crippen molar-refractivity contribution >= 4 is 22.7 Å². The van der Waals surface area contributed by atoms with Crippen LogP contribution in [0.25, 0.3) is 11.0 Å². The summed E-state index contributed by atoms with van der Waals surface area (Å²) in [6.45, 7) is 4.07. The summed E-state index contributed by atoms with van der Waals surface area (Å²) in [6.07, 6.45) is 5.62. The SMILES string of the molecule is N#CCCn1ncc2c(N3CCN(c4ccccn4)CC3)ncnc21. The highest BCUT2D eigenvalue weighted by molar-refractivity contribution is 5.86. The Bertz CT molecular complexity index is 890. The van der Waals surface area contributed by atoms with Gasteiger partial charge in [0, 0.05) is 32.4 Å². The number of aromatic nitrogens is 5. The molecule has 0 spiro atoms. The summed E-state index contributed by atoms with van der Waals surface area (Å²) in [7, 11) is 0. The van der Waals surface area contributed by atoms with Crippen LogP contribution in [0.5, 0.6) is 0 Å². The highest BCUT2D eigenvalue weighted by Gasteiger charge is 2.21. The second-order valence-electron chi connectivity index (χ2n) is 5.87. The smallest absolute Gasteiger partial charge is 0.163 e. The number of nitriles is 1. The van der Waals surface area contributed by atoms with Gasteiger partial charge in [0.15, 0.2) is 5.65 Å². The van der Waals surface area contributed by atoms with E-state index in [4.69, 9.17) is 5.26 Å². The minimum absolute atomic E-state index is 0.416. The molecule has 0 aliphatic carbocycles. The second-order valence-corrected chi connectivity index (χ2v) is 5.87. The van der Waals surface area contributed by atoms with Crippen molar-refractivity contribution in [1.29, 1.82) is 5.26 Å². The standard InChI is InChI=1S/C17H18N8/c18-5-3-7-25-17-14(12-22-25)16(20-13-21-17)24-10-8-23(9-11-24)15-4-1-2-6-19-15/h1-2,4,6,12-13H,3,7-11H2. The van der Waals surface area contributed by atoms with E-state index in [9.17, 15) is 0 Å². The van der Waals surface area contributed by atoms with Crippen LogP contribution < -0.4 is 9.80 Å². The molecule has 126 valence electrons. The van der Waals surface area contributed by atoms with Crippen LogP contribution in [0, 0.1) is 11.3 Å². The van der Waals surface area contributed by atoms with Crippen molar-refractivity contribution in [1.82, 2.24) is 24.7 Å². The number of fused-ring (bicyclic) bond motifs is 1. The first-order valence-electron chi connectivity index (χ1n) is 8.31. The molecule has 0 saturated carbocycles. The first kappa shape index (κ1) is 15.3. The van der Waals surface area contributed by atoms with Gasteiger partial charge in [-0.25, -0.2) is 19.6 Å². The lowest BCUT2D eigenvalue weighted by Crippen LogP contribution is -2.47. The topological polar surface area (TPSA) is 86.8 Å². The van der Waals surface area contributed by atoms with Crippen molar-refractivity contribution in [2.24, 2.45) is 0 Å². The molecule has 0 amide bonds. The third-order valence-electron chi connectivity index (χ3n) is 4.40. The summed E-state index contributed by atoms with van der Waals surface area (Å²) in [5.74, 6) is 1.92. The van der Waals surface area contributed by atoms with Gasteiger partial charge in [0.05, 0.1) is 30.6 Å². The molecule has 4 rings (SSSR count). The highest BCUT2D eigenvalue weighted by atomic mass is 15.3. The Balaban J connectivity index is 1.53. The van der Waals surface area contributed by atoms with Crippen LogP contribution in [-0.2, 0) is 6.54 Å². The first-order chi connectivity index (χ1) is 12.4. The Morgan fingerprint density at radius 3 is 2.64 bits per heavy atom. The van der Waals surface area contributed by atoms with Crippen LogP contribution >= 0.6 is 0 Å². The normalized spacial score (nSPS) is 14.7. The van der Waals surface area contributed by atoms with Crippen molar-refractivity contribution < 1.29 is 0 Å². The van der Waals surface area contributed by atoms with E-state index in [1.807, 2.05) is 24.4 Å². The molecular formula is C17H18N8. The Hall–Kier alpha value is -3.21. The third-order valence-corrected chi connectivity index (χ3v) is 4.40. The van der Waals surface area contributed by atoms with E-state index in [2.05, 4.69) is 35.9 Å². The molecule has 1 fully saturated rings. The van der Waals surface area contributed by atoms with Gasteiger partial charge in [-0.1, -0.05) is 6.07 Å². The number of rotatable bonds is 4. The molecule has 25 heavy (non-hydrogen) atoms. The van der Waals surface area contributed by atoms with Crippen LogP contribution in [0.1, 0.15) is 6.42 Å². The number of anilines is 2. The van der Waals surface area contributed by atoms with Gasteiger partial charge in [-0.2, -0.15) is 10.4 Å². The Morgan fingerprint density at radius 1 is 1.04 bits per heavy atom. The molecule has 0 bridgehead atoms. The molecule has 1 aliphatic heterocycles. The quantitative estimate of drug-likeness (QED) is 0.714. The Kier molecular flexibility index (Phi) is 4.12. The van der Waals surface area contributed by atoms with Gasteiger partial charge in [0.2, 0.25) is 0 Å². The van der Waals surface area contributed by atoms with Gasteiger partial charge in [-0.3, -0.25) is 0 Å². The van der Waals surface area contributed by atoms with Crippen LogP contribution in [0.15, 0.2) is 36.9 Å². The maximum atomic E-state index is 8.77. The molecule has 0 radical (unpaired) electrons. The predicted molar refractivity (Wildman–Crippen MR) is 94.2 cm³/mol. The minimum Gasteiger partial charge on any atom is -0.353 e. The molecule has 3 aromatic heterocycles. The molecule has 8 heteroatoms. The van der Waals surface area contributed by atoms with Crippen LogP contribution in [0.2, 0.25) is 0 Å². The molecule has 0 unspecified atom stereocenters. The molecule has 0 atom stereocenters. The van der Waals surface area contributed by atoms with Crippen molar-refractivity contribution in [3.8, 4) is 6.07 Å². The van der Waals surface area contributed by atoms with Gasteiger partial charge >= 0.3 is 0 Å². The average molecular weight is 334 g/mol. The molecule has 0 N–H and O–H groups in total. The van der Waals surface area contributed by atoms with Gasteiger partial charge in [0.1, 0.15) is 18.0 Å². The number of hydrogen-bond donors (Lipinski definition) is 0. The fraction of sp³-hybridized carbons (Fsp3) is 0.353. The predicted octanol–water partition coefficient (Wildman–Crippen LogP) is 1.46. The van der Waals surface area contributed by atoms with Crippen LogP contribution in [0.3, 0.4) is 0 Å². The lowest BCUT2D eigenvalue weighted by atomic mass is 10.2. The summed E-state index contributed by atoms with van der Waals surface area (Å²) in [4.78, 5) is 17.8. The maximum Gasteiger partial charge on any atom is 0.163 e. The summed E-state index contributed by atoms with van der Waals surface area (Å²) >= 11 is 0. The molecular weight excluding hydrogens is 316 g/mol. The zero-order valence-corrected chi connectivity index (χ0v) is 13.8. The zero-order chi connectivity index (χ0) is 17.1. The lowest BCUT2D eigenvalue weighted by Gasteiger charge is -2.36. The van der Waals surface area contributed by atoms with E-state index in [0.717, 1.165) is 48.8 Å². The van der Waals surface area contributed by atoms with Crippen molar-refractivity contribution in [3.05, 3.63) is 36.9 Å². The maximum absolute atomic E-state index is 8.77. The number of hydrogen-bond acceptors (Lipinski definition) is 7. The van der Waals surface area contributed by atoms with Crippen LogP contribution in [0.4, 0.5) is 11.6 Å². The molecule has 8 nitrogen and oxygen atoms in total. The van der Waals surface area contributed by atoms with E-state index in [1.54, 1.807) is 17.2 Å². The number of nitrogens with zero attached hydrogens (tertiary/aromatic N) is 8. The van der Waals surface area contributed by atoms with E-state index >= 15 is 0 Å². The molecule has 0 aromatic carbocycles. The number of pyridine rings is 1. The summed E-state index contributed by atoms with van der Waals surface area (Å²) in [6, 6.07) is 8.13. The summed E-state index contributed by atoms with van der Waals surface area (Å²) in [5.41, 5.74) is 0.785. The lowest BCUT2D eigenvalue weighted by molar-refractivity contribution is 0.639. The van der Waals surface area contributed by atoms with Gasteiger partial charge in [-0.05, 0) is 12.1 Å². The van der Waals surface area contributed by atoms with E-state index in [1.165, 1.54) is 0 Å². The fourth-order valence-corrected chi connectivity index (χ4v) is 3.14. The van der Waals surface area contributed by atoms with E-state index in [-0.39, 0.29) is 0 Å². The van der Waals surface area contributed by atoms with Crippen molar-refractivity contribution in [3.63, 3.8) is 0 Å². The van der Waals surface area contributed by atoms with Crippen molar-refractivity contribution in [2.45, 2.75) is 13.0 Å². The van der Waals surface area contributed by atoms with Gasteiger partial charge in [-0.15, -0.1) is 0 Å². The number of piperazine rings is 1. The first-order valence-corrected chi connectivity index (χ1v) is 8.31. The molecule has 1 saturated heterocycles. The third kappa shape index (κ3) is 2.96. The summed E-state index contributed by atoms with van der Waals surface area (Å²) < 4.78 is 1.77. The molecule has 1 aliphatic rings. The highest BCUT2D eigenvalue weighted by Crippen LogP contribution is 2.24. The van der Waals surface area contributed by atoms with Gasteiger partial charge < -0.3 is 9.80 Å². The fourth-order valence-electron chi connectivity index (χ4n) is 3.14. The van der Waals surface area contributed by atoms with Crippen LogP contribution in [-0.4, -0.2) is 50.9 Å². The van der Waals surface area contributed by atoms with E-state index in [0.29, 0.717) is 13.0 Å². The monoisotopic (exact) mass is 334 g/mol. The molecule has 4 heterocycles. The minimum atomic E-state index is 0.416. The zero-order valence-electron chi connectivity index (χ0n) is 13.8. The van der Waals surface area contributed by atoms with Gasteiger partial charge in [0.25, 0.3) is 0 Å². The Morgan fingerprint density at radius 2 is 1.88 bits per heavy atom. The average Bonchev–Trinajstić information content (AvgIpc) is 3.10. The van der Waals surface area contributed by atoms with E-state index < -0.39 is 0 Å². The summed E-state index contributed by atoms with van der Waals surface area (Å²) in [5, 5.41) is 14.1. The number of aryl methyl sites for hydroxylation is 1. The molecule has 3 aromatic rings. The van der Waals surface area contributed by atoms with Crippen molar-refractivity contribution in [2.75, 3.05) is 36.0 Å². The second kappa shape index (κ2) is 6.73. The Labute approximate surface area is 145 Å².